The summed E-state index contributed by atoms with van der Waals surface area (Å²) in [6.45, 7) is 0.254. The Labute approximate surface area is 304 Å². The summed E-state index contributed by atoms with van der Waals surface area (Å²) in [5.74, 6) is -6.70. The number of ether oxygens (including phenoxy) is 2. The number of carbonyl (C=O) groups excluding carboxylic acids is 5. The van der Waals surface area contributed by atoms with E-state index in [0.29, 0.717) is 38.1 Å². The molecule has 52 heavy (non-hydrogen) atoms. The van der Waals surface area contributed by atoms with E-state index in [1.54, 1.807) is 60.7 Å². The molecule has 11 heteroatoms. The molecule has 10 nitrogen and oxygen atoms in total. The van der Waals surface area contributed by atoms with Crippen LogP contribution in [-0.2, 0) is 35.9 Å². The number of methoxy groups -OCH3 is 1. The topological polar surface area (TPSA) is 131 Å². The lowest BCUT2D eigenvalue weighted by atomic mass is 9.49. The van der Waals surface area contributed by atoms with Gasteiger partial charge in [-0.05, 0) is 54.2 Å². The number of rotatable bonds is 6. The monoisotopic (exact) mass is 716 g/mol. The standard InChI is InChI=1S/C41H33ClN2O8/c1-51-40(50)44-36(46)30-18-17-28-31(34(30)38(44)48)21-32-37(47)43(26-14-8-13-25(42)19-26)39(49)41(32,24-11-6-3-7-12-24)35(28)29-16-15-27(20-33(29)45)52-22-23-9-4-2-5-10-23/h2-17,19-20,30-32,34-35,45H,18,21-22H2,1H3/t30-,31+,32-,34-,35+,41+/m0/s1. The average molecular weight is 717 g/mol. The van der Waals surface area contributed by atoms with Crippen molar-refractivity contribution in [3.8, 4) is 11.5 Å². The highest BCUT2D eigenvalue weighted by Crippen LogP contribution is 2.65. The minimum absolute atomic E-state index is 0.0348. The number of aromatic hydroxyl groups is 1. The maximum Gasteiger partial charge on any atom is 0.423 e. The molecule has 2 aliphatic heterocycles. The van der Waals surface area contributed by atoms with E-state index in [1.165, 1.54) is 6.07 Å². The fraction of sp³-hybridized carbons (Fsp3) is 0.244. The van der Waals surface area contributed by atoms with Crippen molar-refractivity contribution in [2.24, 2.45) is 23.7 Å². The van der Waals surface area contributed by atoms with Crippen LogP contribution in [0.15, 0.2) is 115 Å². The number of allylic oxidation sites excluding steroid dienone is 2. The molecule has 1 saturated carbocycles. The normalized spacial score (nSPS) is 26.4. The van der Waals surface area contributed by atoms with Crippen molar-refractivity contribution in [1.82, 2.24) is 4.90 Å². The molecule has 1 N–H and O–H groups in total. The zero-order valence-electron chi connectivity index (χ0n) is 28.0. The Hall–Kier alpha value is -5.74. The number of benzene rings is 4. The van der Waals surface area contributed by atoms with Gasteiger partial charge >= 0.3 is 6.09 Å². The van der Waals surface area contributed by atoms with Gasteiger partial charge in [0.25, 0.3) is 0 Å². The van der Waals surface area contributed by atoms with Crippen molar-refractivity contribution in [1.29, 1.82) is 0 Å². The lowest BCUT2D eigenvalue weighted by Crippen LogP contribution is -2.53. The van der Waals surface area contributed by atoms with Crippen LogP contribution >= 0.6 is 11.6 Å². The quantitative estimate of drug-likeness (QED) is 0.176. The molecule has 262 valence electrons. The maximum atomic E-state index is 15.3. The lowest BCUT2D eigenvalue weighted by molar-refractivity contribution is -0.138. The number of phenols is 1. The van der Waals surface area contributed by atoms with Gasteiger partial charge in [-0.15, -0.1) is 0 Å². The van der Waals surface area contributed by atoms with Crippen LogP contribution in [0, 0.1) is 23.7 Å². The molecule has 3 fully saturated rings. The van der Waals surface area contributed by atoms with E-state index in [0.717, 1.165) is 17.6 Å². The van der Waals surface area contributed by atoms with Crippen molar-refractivity contribution in [3.05, 3.63) is 136 Å². The van der Waals surface area contributed by atoms with Crippen LogP contribution in [0.1, 0.15) is 35.4 Å². The number of hydrogen-bond acceptors (Lipinski definition) is 8. The summed E-state index contributed by atoms with van der Waals surface area (Å²) in [5.41, 5.74) is 1.19. The van der Waals surface area contributed by atoms with Gasteiger partial charge < -0.3 is 14.6 Å². The first-order valence-electron chi connectivity index (χ1n) is 17.0. The molecular formula is C41H33ClN2O8. The Balaban J connectivity index is 1.32. The van der Waals surface area contributed by atoms with E-state index >= 15 is 4.79 Å². The van der Waals surface area contributed by atoms with E-state index in [4.69, 9.17) is 21.1 Å². The van der Waals surface area contributed by atoms with Gasteiger partial charge in [0, 0.05) is 22.6 Å². The Morgan fingerprint density at radius 3 is 2.29 bits per heavy atom. The van der Waals surface area contributed by atoms with Crippen LogP contribution in [0.2, 0.25) is 5.02 Å². The Morgan fingerprint density at radius 2 is 1.60 bits per heavy atom. The first-order chi connectivity index (χ1) is 25.2. The van der Waals surface area contributed by atoms with Crippen LogP contribution < -0.4 is 9.64 Å². The largest absolute Gasteiger partial charge is 0.508 e. The number of amides is 5. The molecule has 5 amide bonds. The number of anilines is 1. The fourth-order valence-corrected chi connectivity index (χ4v) is 9.14. The van der Waals surface area contributed by atoms with E-state index < -0.39 is 64.7 Å². The number of halogens is 1. The maximum absolute atomic E-state index is 15.3. The third-order valence-electron chi connectivity index (χ3n) is 11.1. The predicted octanol–water partition coefficient (Wildman–Crippen LogP) is 6.55. The number of likely N-dealkylation sites (tertiary alicyclic amines) is 1. The Bertz CT molecular complexity index is 2170. The van der Waals surface area contributed by atoms with Crippen molar-refractivity contribution in [2.75, 3.05) is 12.0 Å². The number of hydrogen-bond donors (Lipinski definition) is 1. The predicted molar refractivity (Wildman–Crippen MR) is 189 cm³/mol. The highest BCUT2D eigenvalue weighted by molar-refractivity contribution is 6.32. The van der Waals surface area contributed by atoms with Crippen molar-refractivity contribution < 1.29 is 38.6 Å². The third kappa shape index (κ3) is 4.96. The summed E-state index contributed by atoms with van der Waals surface area (Å²) in [7, 11) is 1.10. The van der Waals surface area contributed by atoms with E-state index in [1.807, 2.05) is 42.5 Å². The molecule has 0 aromatic heterocycles. The van der Waals surface area contributed by atoms with Crippen molar-refractivity contribution >= 4 is 47.0 Å². The molecule has 2 saturated heterocycles. The third-order valence-corrected chi connectivity index (χ3v) is 11.3. The average Bonchev–Trinajstić information content (AvgIpc) is 3.55. The van der Waals surface area contributed by atoms with Gasteiger partial charge in [-0.2, -0.15) is 4.90 Å². The molecule has 8 rings (SSSR count). The van der Waals surface area contributed by atoms with Gasteiger partial charge in [-0.3, -0.25) is 19.2 Å². The van der Waals surface area contributed by atoms with Crippen LogP contribution in [-0.4, -0.2) is 46.8 Å². The van der Waals surface area contributed by atoms with E-state index in [9.17, 15) is 24.3 Å². The minimum Gasteiger partial charge on any atom is -0.508 e. The second-order valence-electron chi connectivity index (χ2n) is 13.6. The highest BCUT2D eigenvalue weighted by Gasteiger charge is 2.70. The number of fused-ring (bicyclic) bond motifs is 4. The summed E-state index contributed by atoms with van der Waals surface area (Å²) >= 11 is 6.37. The summed E-state index contributed by atoms with van der Waals surface area (Å²) < 4.78 is 10.8. The Morgan fingerprint density at radius 1 is 0.865 bits per heavy atom. The van der Waals surface area contributed by atoms with Gasteiger partial charge in [-0.1, -0.05) is 96.0 Å². The van der Waals surface area contributed by atoms with Crippen molar-refractivity contribution in [2.45, 2.75) is 30.8 Å². The smallest absolute Gasteiger partial charge is 0.423 e. The van der Waals surface area contributed by atoms with Gasteiger partial charge in [0.2, 0.25) is 23.6 Å². The minimum atomic E-state index is -1.58. The number of nitrogens with zero attached hydrogens (tertiary/aromatic N) is 2. The highest BCUT2D eigenvalue weighted by atomic mass is 35.5. The molecule has 4 aliphatic rings. The fourth-order valence-electron chi connectivity index (χ4n) is 8.96. The summed E-state index contributed by atoms with van der Waals surface area (Å²) in [4.78, 5) is 72.1. The summed E-state index contributed by atoms with van der Waals surface area (Å²) in [6.07, 6.45) is 0.926. The second-order valence-corrected chi connectivity index (χ2v) is 14.0. The molecule has 0 bridgehead atoms. The Kier molecular flexibility index (Phi) is 8.22. The first-order valence-corrected chi connectivity index (χ1v) is 17.4. The molecule has 4 aromatic carbocycles. The summed E-state index contributed by atoms with van der Waals surface area (Å²) in [5, 5.41) is 12.2. The van der Waals surface area contributed by atoms with Gasteiger partial charge in [0.1, 0.15) is 18.1 Å². The molecule has 0 radical (unpaired) electrons. The molecule has 4 aromatic rings. The van der Waals surface area contributed by atoms with Crippen LogP contribution in [0.25, 0.3) is 0 Å². The van der Waals surface area contributed by atoms with E-state index in [-0.39, 0.29) is 25.2 Å². The second kappa shape index (κ2) is 12.8. The first kappa shape index (κ1) is 33.4. The van der Waals surface area contributed by atoms with Crippen LogP contribution in [0.3, 0.4) is 0 Å². The van der Waals surface area contributed by atoms with Crippen LogP contribution in [0.5, 0.6) is 11.5 Å². The van der Waals surface area contributed by atoms with Gasteiger partial charge in [0.15, 0.2) is 0 Å². The molecule has 0 unspecified atom stereocenters. The van der Waals surface area contributed by atoms with Gasteiger partial charge in [-0.25, -0.2) is 9.69 Å². The van der Waals surface area contributed by atoms with Crippen molar-refractivity contribution in [3.63, 3.8) is 0 Å². The summed E-state index contributed by atoms with van der Waals surface area (Å²) in [6, 6.07) is 30.0. The number of carbonyl (C=O) groups is 5. The number of phenolic OH excluding ortho intramolecular Hbond substituents is 1. The molecular weight excluding hydrogens is 684 g/mol. The van der Waals surface area contributed by atoms with Crippen LogP contribution in [0.4, 0.5) is 10.5 Å². The number of imide groups is 4. The zero-order chi connectivity index (χ0) is 36.3. The zero-order valence-corrected chi connectivity index (χ0v) is 28.7. The lowest BCUT2D eigenvalue weighted by Gasteiger charge is -2.50. The molecule has 6 atom stereocenters. The SMILES string of the molecule is COC(=O)N1C(=O)[C@H]2[C@H](CC=C3[C@H]2C[C@H]2C(=O)N(c4cccc(Cl)c4)C(=O)[C@@]2(c2ccccc2)[C@H]3c2ccc(OCc3ccccc3)cc2O)C1=O. The molecule has 2 heterocycles. The molecule has 2 aliphatic carbocycles. The van der Waals surface area contributed by atoms with Gasteiger partial charge in [0.05, 0.1) is 36.0 Å². The molecule has 0 spiro atoms. The van der Waals surface area contributed by atoms with E-state index in [2.05, 4.69) is 0 Å².